The van der Waals surface area contributed by atoms with Gasteiger partial charge in [0.15, 0.2) is 0 Å². The number of aromatic nitrogens is 2. The van der Waals surface area contributed by atoms with Gasteiger partial charge in [0.05, 0.1) is 17.8 Å². The topological polar surface area (TPSA) is 38.0 Å². The van der Waals surface area contributed by atoms with Crippen molar-refractivity contribution in [1.82, 2.24) is 9.78 Å². The van der Waals surface area contributed by atoms with Crippen molar-refractivity contribution in [2.75, 3.05) is 0 Å². The maximum Gasteiger partial charge on any atom is 0.0929 e. The Labute approximate surface area is 89.3 Å². The fourth-order valence-corrected chi connectivity index (χ4v) is 1.98. The lowest BCUT2D eigenvalue weighted by Gasteiger charge is -2.09. The molecule has 0 aliphatic carbocycles. The van der Waals surface area contributed by atoms with Crippen LogP contribution in [0.15, 0.2) is 18.2 Å². The monoisotopic (exact) mass is 204 g/mol. The lowest BCUT2D eigenvalue weighted by atomic mass is 10.1. The molecular weight excluding hydrogens is 188 g/mol. The van der Waals surface area contributed by atoms with E-state index in [0.29, 0.717) is 0 Å². The molecule has 0 unspecified atom stereocenters. The number of fused-ring (bicyclic) bond motifs is 1. The van der Waals surface area contributed by atoms with Gasteiger partial charge in [0, 0.05) is 11.4 Å². The SMILES string of the molecule is Cc1cccc2nn(C(C)C)c(CO)c12. The molecule has 15 heavy (non-hydrogen) atoms. The summed E-state index contributed by atoms with van der Waals surface area (Å²) in [6.07, 6.45) is 0. The van der Waals surface area contributed by atoms with E-state index in [4.69, 9.17) is 0 Å². The molecule has 1 heterocycles. The molecule has 1 N–H and O–H groups in total. The van der Waals surface area contributed by atoms with Crippen LogP contribution in [0.4, 0.5) is 0 Å². The highest BCUT2D eigenvalue weighted by molar-refractivity contribution is 5.84. The molecule has 0 fully saturated rings. The Morgan fingerprint density at radius 1 is 1.40 bits per heavy atom. The Morgan fingerprint density at radius 3 is 2.73 bits per heavy atom. The number of hydrogen-bond donors (Lipinski definition) is 1. The van der Waals surface area contributed by atoms with Gasteiger partial charge in [-0.25, -0.2) is 0 Å². The van der Waals surface area contributed by atoms with Crippen LogP contribution in [0, 0.1) is 6.92 Å². The number of nitrogens with zero attached hydrogens (tertiary/aromatic N) is 2. The predicted molar refractivity (Wildman–Crippen MR) is 60.8 cm³/mol. The largest absolute Gasteiger partial charge is 0.390 e. The first-order chi connectivity index (χ1) is 7.15. The van der Waals surface area contributed by atoms with Gasteiger partial charge in [0.1, 0.15) is 0 Å². The third-order valence-corrected chi connectivity index (χ3v) is 2.67. The van der Waals surface area contributed by atoms with Gasteiger partial charge in [-0.1, -0.05) is 12.1 Å². The number of aryl methyl sites for hydroxylation is 1. The van der Waals surface area contributed by atoms with Gasteiger partial charge < -0.3 is 5.11 Å². The van der Waals surface area contributed by atoms with E-state index < -0.39 is 0 Å². The summed E-state index contributed by atoms with van der Waals surface area (Å²) in [5, 5.41) is 15.0. The van der Waals surface area contributed by atoms with Crippen molar-refractivity contribution < 1.29 is 5.11 Å². The lowest BCUT2D eigenvalue weighted by Crippen LogP contribution is -2.07. The third-order valence-electron chi connectivity index (χ3n) is 2.67. The molecule has 0 aliphatic heterocycles. The molecule has 3 heteroatoms. The number of aliphatic hydroxyl groups excluding tert-OH is 1. The molecule has 80 valence electrons. The van der Waals surface area contributed by atoms with E-state index in [9.17, 15) is 5.11 Å². The van der Waals surface area contributed by atoms with Crippen LogP contribution < -0.4 is 0 Å². The van der Waals surface area contributed by atoms with Gasteiger partial charge in [0.25, 0.3) is 0 Å². The second kappa shape index (κ2) is 3.66. The first-order valence-electron chi connectivity index (χ1n) is 5.22. The van der Waals surface area contributed by atoms with E-state index in [1.807, 2.05) is 29.8 Å². The first-order valence-corrected chi connectivity index (χ1v) is 5.22. The highest BCUT2D eigenvalue weighted by atomic mass is 16.3. The van der Waals surface area contributed by atoms with Gasteiger partial charge in [-0.05, 0) is 32.4 Å². The minimum Gasteiger partial charge on any atom is -0.390 e. The molecule has 1 aromatic heterocycles. The van der Waals surface area contributed by atoms with Crippen LogP contribution in [0.3, 0.4) is 0 Å². The van der Waals surface area contributed by atoms with E-state index in [0.717, 1.165) is 16.6 Å². The maximum atomic E-state index is 9.42. The number of hydrogen-bond acceptors (Lipinski definition) is 2. The van der Waals surface area contributed by atoms with E-state index in [1.165, 1.54) is 5.56 Å². The summed E-state index contributed by atoms with van der Waals surface area (Å²) < 4.78 is 1.90. The molecule has 0 saturated carbocycles. The Hall–Kier alpha value is -1.35. The van der Waals surface area contributed by atoms with E-state index in [-0.39, 0.29) is 12.6 Å². The maximum absolute atomic E-state index is 9.42. The molecule has 0 radical (unpaired) electrons. The quantitative estimate of drug-likeness (QED) is 0.815. The molecular formula is C12H16N2O. The van der Waals surface area contributed by atoms with Crippen molar-refractivity contribution in [1.29, 1.82) is 0 Å². The molecule has 3 nitrogen and oxygen atoms in total. The lowest BCUT2D eigenvalue weighted by molar-refractivity contribution is 0.266. The molecule has 0 amide bonds. The van der Waals surface area contributed by atoms with Crippen LogP contribution in [-0.4, -0.2) is 14.9 Å². The normalized spacial score (nSPS) is 11.5. The summed E-state index contributed by atoms with van der Waals surface area (Å²) in [5.41, 5.74) is 3.05. The van der Waals surface area contributed by atoms with Crippen molar-refractivity contribution in [3.63, 3.8) is 0 Å². The second-order valence-corrected chi connectivity index (χ2v) is 4.11. The van der Waals surface area contributed by atoms with Crippen LogP contribution in [0.25, 0.3) is 10.9 Å². The average molecular weight is 204 g/mol. The van der Waals surface area contributed by atoms with Crippen molar-refractivity contribution in [2.24, 2.45) is 0 Å². The molecule has 0 spiro atoms. The van der Waals surface area contributed by atoms with Gasteiger partial charge in [-0.2, -0.15) is 5.10 Å². The molecule has 0 atom stereocenters. The Balaban J connectivity index is 2.80. The fourth-order valence-electron chi connectivity index (χ4n) is 1.98. The first kappa shape index (κ1) is 10.2. The standard InChI is InChI=1S/C12H16N2O/c1-8(2)14-11(7-15)12-9(3)5-4-6-10(12)13-14/h4-6,8,15H,7H2,1-3H3. The predicted octanol–water partition coefficient (Wildman–Crippen LogP) is 2.42. The number of rotatable bonds is 2. The Kier molecular flexibility index (Phi) is 2.49. The molecule has 2 aromatic rings. The van der Waals surface area contributed by atoms with Crippen LogP contribution in [-0.2, 0) is 6.61 Å². The zero-order valence-electron chi connectivity index (χ0n) is 9.36. The third kappa shape index (κ3) is 1.53. The van der Waals surface area contributed by atoms with Crippen LogP contribution in [0.5, 0.6) is 0 Å². The average Bonchev–Trinajstić information content (AvgIpc) is 2.57. The van der Waals surface area contributed by atoms with E-state index >= 15 is 0 Å². The Morgan fingerprint density at radius 2 is 2.13 bits per heavy atom. The van der Waals surface area contributed by atoms with Crippen LogP contribution in [0.2, 0.25) is 0 Å². The summed E-state index contributed by atoms with van der Waals surface area (Å²) in [6, 6.07) is 6.31. The highest BCUT2D eigenvalue weighted by Crippen LogP contribution is 2.24. The van der Waals surface area contributed by atoms with Crippen molar-refractivity contribution >= 4 is 10.9 Å². The summed E-state index contributed by atoms with van der Waals surface area (Å²) in [6.45, 7) is 6.23. The highest BCUT2D eigenvalue weighted by Gasteiger charge is 2.13. The van der Waals surface area contributed by atoms with Crippen LogP contribution in [0.1, 0.15) is 31.1 Å². The molecule has 0 saturated heterocycles. The fraction of sp³-hybridized carbons (Fsp3) is 0.417. The summed E-state index contributed by atoms with van der Waals surface area (Å²) in [4.78, 5) is 0. The number of aliphatic hydroxyl groups is 1. The van der Waals surface area contributed by atoms with Crippen molar-refractivity contribution in [2.45, 2.75) is 33.4 Å². The van der Waals surface area contributed by atoms with E-state index in [1.54, 1.807) is 0 Å². The minimum atomic E-state index is 0.0412. The molecule has 1 aromatic carbocycles. The number of benzene rings is 1. The molecule has 0 bridgehead atoms. The second-order valence-electron chi connectivity index (χ2n) is 4.11. The Bertz CT molecular complexity index is 486. The van der Waals surface area contributed by atoms with Gasteiger partial charge in [-0.3, -0.25) is 4.68 Å². The molecule has 2 rings (SSSR count). The zero-order chi connectivity index (χ0) is 11.0. The van der Waals surface area contributed by atoms with Gasteiger partial charge in [0.2, 0.25) is 0 Å². The minimum absolute atomic E-state index is 0.0412. The summed E-state index contributed by atoms with van der Waals surface area (Å²) in [5.74, 6) is 0. The molecule has 0 aliphatic rings. The van der Waals surface area contributed by atoms with Gasteiger partial charge in [-0.15, -0.1) is 0 Å². The summed E-state index contributed by atoms with van der Waals surface area (Å²) in [7, 11) is 0. The van der Waals surface area contributed by atoms with Crippen molar-refractivity contribution in [3.8, 4) is 0 Å². The van der Waals surface area contributed by atoms with Crippen molar-refractivity contribution in [3.05, 3.63) is 29.5 Å². The van der Waals surface area contributed by atoms with Crippen LogP contribution >= 0.6 is 0 Å². The smallest absolute Gasteiger partial charge is 0.0929 e. The van der Waals surface area contributed by atoms with Gasteiger partial charge >= 0.3 is 0 Å². The summed E-state index contributed by atoms with van der Waals surface area (Å²) >= 11 is 0. The van der Waals surface area contributed by atoms with E-state index in [2.05, 4.69) is 18.9 Å². The zero-order valence-corrected chi connectivity index (χ0v) is 9.36.